The average Bonchev–Trinajstić information content (AvgIpc) is 1.82. The molecule has 1 aromatic rings. The number of pyridine rings is 1. The van der Waals surface area contributed by atoms with E-state index in [-0.39, 0.29) is 20.8 Å². The highest BCUT2D eigenvalue weighted by Gasteiger charge is 2.16. The van der Waals surface area contributed by atoms with Crippen LogP contribution in [0.2, 0.25) is 0 Å². The summed E-state index contributed by atoms with van der Waals surface area (Å²) in [6, 6.07) is 1.23. The molecule has 0 saturated carbocycles. The van der Waals surface area contributed by atoms with Gasteiger partial charge < -0.3 is 11.5 Å². The second-order valence-electron chi connectivity index (χ2n) is 2.14. The standard InChI is InChI=1S/C6H6F2IN3/c7-5(8)4-2(10)1-3(11)12-6(4)9/h1,5H,(H4,10,11,12). The van der Waals surface area contributed by atoms with E-state index < -0.39 is 6.43 Å². The Hall–Kier alpha value is -0.660. The summed E-state index contributed by atoms with van der Waals surface area (Å²) in [5, 5.41) is 0. The molecule has 0 spiro atoms. The van der Waals surface area contributed by atoms with Gasteiger partial charge in [0.05, 0.1) is 5.56 Å². The van der Waals surface area contributed by atoms with Crippen LogP contribution in [-0.4, -0.2) is 4.98 Å². The van der Waals surface area contributed by atoms with E-state index in [1.54, 1.807) is 22.6 Å². The number of nitrogens with zero attached hydrogens (tertiary/aromatic N) is 1. The molecule has 66 valence electrons. The van der Waals surface area contributed by atoms with E-state index in [4.69, 9.17) is 11.5 Å². The molecule has 1 rings (SSSR count). The Morgan fingerprint density at radius 3 is 2.42 bits per heavy atom. The molecule has 1 heterocycles. The molecule has 0 amide bonds. The van der Waals surface area contributed by atoms with Gasteiger partial charge in [0, 0.05) is 11.8 Å². The van der Waals surface area contributed by atoms with Gasteiger partial charge in [-0.15, -0.1) is 0 Å². The summed E-state index contributed by atoms with van der Waals surface area (Å²) in [5.74, 6) is 0.154. The number of alkyl halides is 2. The summed E-state index contributed by atoms with van der Waals surface area (Å²) < 4.78 is 24.7. The normalized spacial score (nSPS) is 10.7. The van der Waals surface area contributed by atoms with Crippen molar-refractivity contribution in [1.82, 2.24) is 4.98 Å². The first-order valence-electron chi connectivity index (χ1n) is 3.02. The van der Waals surface area contributed by atoms with Gasteiger partial charge in [-0.1, -0.05) is 0 Å². The fraction of sp³-hybridized carbons (Fsp3) is 0.167. The Morgan fingerprint density at radius 2 is 2.00 bits per heavy atom. The molecular weight excluding hydrogens is 279 g/mol. The fourth-order valence-corrected chi connectivity index (χ4v) is 1.60. The highest BCUT2D eigenvalue weighted by atomic mass is 127. The molecule has 3 nitrogen and oxygen atoms in total. The Kier molecular flexibility index (Phi) is 2.65. The molecule has 12 heavy (non-hydrogen) atoms. The number of aromatic nitrogens is 1. The second-order valence-corrected chi connectivity index (χ2v) is 3.16. The summed E-state index contributed by atoms with van der Waals surface area (Å²) in [4.78, 5) is 3.66. The number of nitrogen functional groups attached to an aromatic ring is 2. The molecule has 0 bridgehead atoms. The van der Waals surface area contributed by atoms with Crippen molar-refractivity contribution in [2.75, 3.05) is 11.5 Å². The number of rotatable bonds is 1. The smallest absolute Gasteiger partial charge is 0.268 e. The second kappa shape index (κ2) is 3.38. The van der Waals surface area contributed by atoms with E-state index in [0.29, 0.717) is 0 Å². The van der Waals surface area contributed by atoms with E-state index in [1.807, 2.05) is 0 Å². The number of hydrogen-bond acceptors (Lipinski definition) is 3. The van der Waals surface area contributed by atoms with Gasteiger partial charge in [0.2, 0.25) is 0 Å². The van der Waals surface area contributed by atoms with E-state index in [9.17, 15) is 8.78 Å². The molecule has 0 saturated heterocycles. The van der Waals surface area contributed by atoms with Crippen LogP contribution >= 0.6 is 22.6 Å². The molecule has 0 unspecified atom stereocenters. The van der Waals surface area contributed by atoms with Gasteiger partial charge in [0.15, 0.2) is 0 Å². The predicted molar refractivity (Wildman–Crippen MR) is 50.7 cm³/mol. The van der Waals surface area contributed by atoms with Crippen molar-refractivity contribution in [1.29, 1.82) is 0 Å². The largest absolute Gasteiger partial charge is 0.398 e. The maximum atomic E-state index is 12.3. The van der Waals surface area contributed by atoms with Crippen LogP contribution in [0.3, 0.4) is 0 Å². The lowest BCUT2D eigenvalue weighted by atomic mass is 10.2. The highest BCUT2D eigenvalue weighted by molar-refractivity contribution is 14.1. The third-order valence-corrected chi connectivity index (χ3v) is 2.10. The molecule has 0 radical (unpaired) electrons. The van der Waals surface area contributed by atoms with Crippen molar-refractivity contribution >= 4 is 34.1 Å². The van der Waals surface area contributed by atoms with E-state index in [1.165, 1.54) is 6.07 Å². The van der Waals surface area contributed by atoms with E-state index in [0.717, 1.165) is 0 Å². The molecule has 0 aliphatic heterocycles. The van der Waals surface area contributed by atoms with E-state index >= 15 is 0 Å². The average molecular weight is 285 g/mol. The van der Waals surface area contributed by atoms with Gasteiger partial charge in [-0.2, -0.15) is 0 Å². The van der Waals surface area contributed by atoms with Gasteiger partial charge in [-0.25, -0.2) is 13.8 Å². The van der Waals surface area contributed by atoms with Crippen molar-refractivity contribution in [3.05, 3.63) is 15.3 Å². The van der Waals surface area contributed by atoms with Crippen molar-refractivity contribution in [2.45, 2.75) is 6.43 Å². The summed E-state index contributed by atoms with van der Waals surface area (Å²) in [5.41, 5.74) is 10.3. The number of nitrogens with two attached hydrogens (primary N) is 2. The number of hydrogen-bond donors (Lipinski definition) is 2. The first kappa shape index (κ1) is 9.43. The van der Waals surface area contributed by atoms with Crippen LogP contribution in [0.25, 0.3) is 0 Å². The molecule has 4 N–H and O–H groups in total. The van der Waals surface area contributed by atoms with Gasteiger partial charge in [-0.05, 0) is 22.6 Å². The van der Waals surface area contributed by atoms with Crippen LogP contribution in [0, 0.1) is 3.70 Å². The zero-order chi connectivity index (χ0) is 9.30. The fourth-order valence-electron chi connectivity index (χ4n) is 0.778. The van der Waals surface area contributed by atoms with Gasteiger partial charge in [0.1, 0.15) is 9.52 Å². The summed E-state index contributed by atoms with van der Waals surface area (Å²) >= 11 is 1.68. The quantitative estimate of drug-likeness (QED) is 0.610. The highest BCUT2D eigenvalue weighted by Crippen LogP contribution is 2.29. The van der Waals surface area contributed by atoms with Crippen LogP contribution in [0.5, 0.6) is 0 Å². The van der Waals surface area contributed by atoms with Crippen LogP contribution in [-0.2, 0) is 0 Å². The molecule has 0 fully saturated rings. The van der Waals surface area contributed by atoms with Gasteiger partial charge >= 0.3 is 0 Å². The van der Waals surface area contributed by atoms with Gasteiger partial charge in [-0.3, -0.25) is 0 Å². The Morgan fingerprint density at radius 1 is 1.42 bits per heavy atom. The lowest BCUT2D eigenvalue weighted by molar-refractivity contribution is 0.151. The maximum absolute atomic E-state index is 12.3. The molecule has 0 aliphatic carbocycles. The van der Waals surface area contributed by atoms with Crippen LogP contribution < -0.4 is 11.5 Å². The SMILES string of the molecule is Nc1cc(N)c(C(F)F)c(I)n1. The molecule has 0 atom stereocenters. The number of anilines is 2. The van der Waals surface area contributed by atoms with Crippen LogP contribution in [0.4, 0.5) is 20.3 Å². The van der Waals surface area contributed by atoms with Crippen molar-refractivity contribution < 1.29 is 8.78 Å². The first-order chi connectivity index (χ1) is 5.52. The molecule has 6 heteroatoms. The third kappa shape index (κ3) is 1.74. The Bertz CT molecular complexity index is 280. The Balaban J connectivity index is 3.28. The van der Waals surface area contributed by atoms with Crippen molar-refractivity contribution in [2.24, 2.45) is 0 Å². The molecule has 0 aromatic carbocycles. The maximum Gasteiger partial charge on any atom is 0.268 e. The lowest BCUT2D eigenvalue weighted by Crippen LogP contribution is -2.03. The minimum absolute atomic E-state index is 0.0121. The van der Waals surface area contributed by atoms with Crippen LogP contribution in [0.15, 0.2) is 6.07 Å². The molecule has 1 aromatic heterocycles. The minimum atomic E-state index is -2.61. The minimum Gasteiger partial charge on any atom is -0.398 e. The summed E-state index contributed by atoms with van der Waals surface area (Å²) in [7, 11) is 0. The van der Waals surface area contributed by atoms with E-state index in [2.05, 4.69) is 4.98 Å². The predicted octanol–water partition coefficient (Wildman–Crippen LogP) is 1.79. The first-order valence-corrected chi connectivity index (χ1v) is 4.09. The lowest BCUT2D eigenvalue weighted by Gasteiger charge is -2.06. The monoisotopic (exact) mass is 285 g/mol. The zero-order valence-corrected chi connectivity index (χ0v) is 8.05. The number of halogens is 3. The van der Waals surface area contributed by atoms with Crippen LogP contribution in [0.1, 0.15) is 12.0 Å². The third-order valence-electron chi connectivity index (χ3n) is 1.28. The molecular formula is C6H6F2IN3. The topological polar surface area (TPSA) is 64.9 Å². The van der Waals surface area contributed by atoms with Crippen molar-refractivity contribution in [3.63, 3.8) is 0 Å². The summed E-state index contributed by atoms with van der Waals surface area (Å²) in [6.45, 7) is 0. The molecule has 0 aliphatic rings. The Labute approximate surface area is 81.3 Å². The van der Waals surface area contributed by atoms with Gasteiger partial charge in [0.25, 0.3) is 6.43 Å². The summed E-state index contributed by atoms with van der Waals surface area (Å²) in [6.07, 6.45) is -2.61. The van der Waals surface area contributed by atoms with Crippen molar-refractivity contribution in [3.8, 4) is 0 Å². The zero-order valence-electron chi connectivity index (χ0n) is 5.89.